The number of ether oxygens (including phenoxy) is 1. The number of amides is 1. The highest BCUT2D eigenvalue weighted by Gasteiger charge is 2.26. The van der Waals surface area contributed by atoms with Crippen molar-refractivity contribution in [2.45, 2.75) is 20.8 Å². The summed E-state index contributed by atoms with van der Waals surface area (Å²) < 4.78 is 12.0. The van der Waals surface area contributed by atoms with E-state index in [0.29, 0.717) is 23.2 Å². The van der Waals surface area contributed by atoms with E-state index < -0.39 is 0 Å². The van der Waals surface area contributed by atoms with Crippen LogP contribution in [0.1, 0.15) is 29.9 Å². The Kier molecular flexibility index (Phi) is 8.66. The molecule has 4 aromatic rings. The van der Waals surface area contributed by atoms with Crippen LogP contribution in [0.25, 0.3) is 21.5 Å². The molecule has 0 aliphatic heterocycles. The van der Waals surface area contributed by atoms with Gasteiger partial charge >= 0.3 is 0 Å². The van der Waals surface area contributed by atoms with E-state index in [-0.39, 0.29) is 24.0 Å². The highest BCUT2D eigenvalue weighted by molar-refractivity contribution is 7.22. The number of aryl methyl sites for hydroxylation is 1. The Bertz CT molecular complexity index is 1240. The van der Waals surface area contributed by atoms with Crippen LogP contribution < -0.4 is 9.64 Å². The molecule has 34 heavy (non-hydrogen) atoms. The first-order valence-electron chi connectivity index (χ1n) is 11.1. The summed E-state index contributed by atoms with van der Waals surface area (Å²) in [5.74, 6) is 1.02. The third kappa shape index (κ3) is 5.24. The largest absolute Gasteiger partial charge is 0.494 e. The number of carbonyl (C=O) groups excluding carboxylic acids is 1. The average Bonchev–Trinajstić information content (AvgIpc) is 3.51. The summed E-state index contributed by atoms with van der Waals surface area (Å²) in [4.78, 5) is 22.4. The molecule has 0 aliphatic rings. The molecule has 0 saturated heterocycles. The molecule has 0 fully saturated rings. The quantitative estimate of drug-likeness (QED) is 0.294. The molecule has 0 radical (unpaired) electrons. The summed E-state index contributed by atoms with van der Waals surface area (Å²) in [6, 6.07) is 15.2. The Balaban J connectivity index is 0.00000324. The first kappa shape index (κ1) is 25.7. The van der Waals surface area contributed by atoms with Gasteiger partial charge in [0, 0.05) is 24.7 Å². The molecule has 0 atom stereocenters. The van der Waals surface area contributed by atoms with Gasteiger partial charge in [0.1, 0.15) is 11.3 Å². The maximum atomic E-state index is 13.6. The lowest BCUT2D eigenvalue weighted by Crippen LogP contribution is -2.39. The number of aromatic nitrogens is 2. The van der Waals surface area contributed by atoms with Crippen molar-refractivity contribution in [3.8, 4) is 17.1 Å². The van der Waals surface area contributed by atoms with Crippen molar-refractivity contribution in [2.75, 3.05) is 38.2 Å². The molecule has 9 heteroatoms. The number of methoxy groups -OCH3 is 1. The second-order valence-electron chi connectivity index (χ2n) is 7.68. The Hall–Kier alpha value is -2.94. The Morgan fingerprint density at radius 2 is 1.82 bits per heavy atom. The number of benzene rings is 2. The van der Waals surface area contributed by atoms with Gasteiger partial charge in [-0.2, -0.15) is 0 Å². The zero-order valence-corrected chi connectivity index (χ0v) is 21.4. The fraction of sp³-hybridized carbons (Fsp3) is 0.320. The van der Waals surface area contributed by atoms with E-state index in [1.165, 1.54) is 11.3 Å². The number of anilines is 1. The molecule has 7 nitrogen and oxygen atoms in total. The summed E-state index contributed by atoms with van der Waals surface area (Å²) in [6.07, 6.45) is 0. The molecule has 0 unspecified atom stereocenters. The van der Waals surface area contributed by atoms with Crippen LogP contribution in [0.4, 0.5) is 5.13 Å². The Morgan fingerprint density at radius 1 is 1.09 bits per heavy atom. The molecule has 0 spiro atoms. The van der Waals surface area contributed by atoms with Crippen LogP contribution in [0.5, 0.6) is 5.75 Å². The lowest BCUT2D eigenvalue weighted by molar-refractivity contribution is 0.0975. The lowest BCUT2D eigenvalue weighted by atomic mass is 10.1. The number of fused-ring (bicyclic) bond motifs is 1. The standard InChI is InChI=1S/C25H28N4O3S.ClH/c1-5-28(6-2)14-15-29(25-26-22-20(31-4)13-12-17(3)23(22)33-25)24(30)19-16-21(32-27-19)18-10-8-7-9-11-18;/h7-13,16H,5-6,14-15H2,1-4H3;1H. The number of carbonyl (C=O) groups is 1. The van der Waals surface area contributed by atoms with Gasteiger partial charge in [-0.1, -0.05) is 66.7 Å². The van der Waals surface area contributed by atoms with Crippen LogP contribution in [0.2, 0.25) is 0 Å². The topological polar surface area (TPSA) is 71.7 Å². The number of hydrogen-bond donors (Lipinski definition) is 0. The highest BCUT2D eigenvalue weighted by Crippen LogP contribution is 2.37. The van der Waals surface area contributed by atoms with Crippen molar-refractivity contribution in [1.29, 1.82) is 0 Å². The fourth-order valence-corrected chi connectivity index (χ4v) is 4.77. The van der Waals surface area contributed by atoms with Gasteiger partial charge in [0.2, 0.25) is 0 Å². The van der Waals surface area contributed by atoms with Crippen molar-refractivity contribution in [1.82, 2.24) is 15.0 Å². The second kappa shape index (κ2) is 11.5. The second-order valence-corrected chi connectivity index (χ2v) is 8.66. The third-order valence-corrected chi connectivity index (χ3v) is 6.92. The van der Waals surface area contributed by atoms with Gasteiger partial charge in [-0.3, -0.25) is 9.69 Å². The maximum Gasteiger partial charge on any atom is 0.282 e. The predicted octanol–water partition coefficient (Wildman–Crippen LogP) is 5.68. The van der Waals surface area contributed by atoms with Crippen molar-refractivity contribution < 1.29 is 14.1 Å². The van der Waals surface area contributed by atoms with Crippen LogP contribution in [0.3, 0.4) is 0 Å². The predicted molar refractivity (Wildman–Crippen MR) is 140 cm³/mol. The van der Waals surface area contributed by atoms with Crippen LogP contribution >= 0.6 is 23.7 Å². The summed E-state index contributed by atoms with van der Waals surface area (Å²) >= 11 is 1.49. The molecule has 2 aromatic carbocycles. The minimum absolute atomic E-state index is 0. The molecule has 180 valence electrons. The minimum Gasteiger partial charge on any atom is -0.494 e. The van der Waals surface area contributed by atoms with Crippen LogP contribution in [-0.4, -0.2) is 54.2 Å². The van der Waals surface area contributed by atoms with E-state index in [1.807, 2.05) is 49.4 Å². The minimum atomic E-state index is -0.233. The SMILES string of the molecule is CCN(CC)CCN(C(=O)c1cc(-c2ccccc2)on1)c1nc2c(OC)ccc(C)c2s1.Cl. The zero-order chi connectivity index (χ0) is 23.4. The number of likely N-dealkylation sites (N-methyl/N-ethyl adjacent to an activating group) is 1. The average molecular weight is 501 g/mol. The lowest BCUT2D eigenvalue weighted by Gasteiger charge is -2.24. The Labute approximate surface area is 209 Å². The maximum absolute atomic E-state index is 13.6. The van der Waals surface area contributed by atoms with E-state index in [0.717, 1.165) is 41.0 Å². The van der Waals surface area contributed by atoms with E-state index in [1.54, 1.807) is 18.1 Å². The van der Waals surface area contributed by atoms with Crippen molar-refractivity contribution in [2.24, 2.45) is 0 Å². The molecule has 0 saturated carbocycles. The highest BCUT2D eigenvalue weighted by atomic mass is 35.5. The van der Waals surface area contributed by atoms with Crippen molar-refractivity contribution in [3.63, 3.8) is 0 Å². The first-order valence-corrected chi connectivity index (χ1v) is 11.9. The molecule has 1 amide bonds. The third-order valence-electron chi connectivity index (χ3n) is 5.71. The first-order chi connectivity index (χ1) is 16.0. The number of rotatable bonds is 9. The summed E-state index contributed by atoms with van der Waals surface area (Å²) in [7, 11) is 1.63. The molecule has 2 aromatic heterocycles. The van der Waals surface area contributed by atoms with Crippen LogP contribution in [0, 0.1) is 6.92 Å². The van der Waals surface area contributed by atoms with E-state index in [9.17, 15) is 4.79 Å². The van der Waals surface area contributed by atoms with Crippen molar-refractivity contribution in [3.05, 3.63) is 59.8 Å². The molecule has 0 bridgehead atoms. The van der Waals surface area contributed by atoms with E-state index >= 15 is 0 Å². The number of nitrogens with zero attached hydrogens (tertiary/aromatic N) is 4. The zero-order valence-electron chi connectivity index (χ0n) is 19.8. The fourth-order valence-electron chi connectivity index (χ4n) is 3.70. The molecule has 0 N–H and O–H groups in total. The number of halogens is 1. The van der Waals surface area contributed by atoms with Gasteiger partial charge in [0.05, 0.1) is 11.8 Å². The van der Waals surface area contributed by atoms with Gasteiger partial charge in [0.15, 0.2) is 16.6 Å². The smallest absolute Gasteiger partial charge is 0.282 e. The molecule has 2 heterocycles. The summed E-state index contributed by atoms with van der Waals surface area (Å²) in [5.41, 5.74) is 3.00. The van der Waals surface area contributed by atoms with Crippen LogP contribution in [-0.2, 0) is 0 Å². The number of hydrogen-bond acceptors (Lipinski definition) is 7. The van der Waals surface area contributed by atoms with Gasteiger partial charge in [-0.05, 0) is 31.6 Å². The molecule has 0 aliphatic carbocycles. The van der Waals surface area contributed by atoms with Gasteiger partial charge in [-0.15, -0.1) is 12.4 Å². The van der Waals surface area contributed by atoms with Gasteiger partial charge in [0.25, 0.3) is 5.91 Å². The van der Waals surface area contributed by atoms with Crippen LogP contribution in [0.15, 0.2) is 53.1 Å². The normalized spacial score (nSPS) is 11.0. The Morgan fingerprint density at radius 3 is 2.50 bits per heavy atom. The van der Waals surface area contributed by atoms with Gasteiger partial charge in [-0.25, -0.2) is 4.98 Å². The van der Waals surface area contributed by atoms with Crippen molar-refractivity contribution >= 4 is 45.0 Å². The van der Waals surface area contributed by atoms with Gasteiger partial charge < -0.3 is 14.2 Å². The van der Waals surface area contributed by atoms with E-state index in [2.05, 4.69) is 23.9 Å². The summed E-state index contributed by atoms with van der Waals surface area (Å²) in [5, 5.41) is 4.71. The molecular weight excluding hydrogens is 472 g/mol. The van der Waals surface area contributed by atoms with E-state index in [4.69, 9.17) is 14.2 Å². The monoisotopic (exact) mass is 500 g/mol. The number of thiazole rings is 1. The molecular formula is C25H29ClN4O3S. The summed E-state index contributed by atoms with van der Waals surface area (Å²) in [6.45, 7) is 9.32. The molecule has 4 rings (SSSR count).